The molecule has 1 nitrogen and oxygen atoms in total. The van der Waals surface area contributed by atoms with Crippen molar-refractivity contribution in [2.45, 2.75) is 56.2 Å². The number of hydrogen-bond acceptors (Lipinski definition) is 1. The molecule has 2 rings (SSSR count). The van der Waals surface area contributed by atoms with Gasteiger partial charge in [-0.25, -0.2) is 0 Å². The van der Waals surface area contributed by atoms with E-state index in [9.17, 15) is 0 Å². The van der Waals surface area contributed by atoms with Gasteiger partial charge in [0, 0.05) is 18.0 Å². The lowest BCUT2D eigenvalue weighted by atomic mass is 9.83. The van der Waals surface area contributed by atoms with Crippen molar-refractivity contribution < 1.29 is 4.74 Å². The zero-order valence-electron chi connectivity index (χ0n) is 9.59. The quantitative estimate of drug-likeness (QED) is 0.703. The van der Waals surface area contributed by atoms with Crippen LogP contribution in [-0.4, -0.2) is 18.0 Å². The van der Waals surface area contributed by atoms with E-state index in [4.69, 9.17) is 4.74 Å². The van der Waals surface area contributed by atoms with Crippen LogP contribution in [0, 0.1) is 11.8 Å². The molecule has 2 atom stereocenters. The maximum Gasteiger partial charge on any atom is 0.0468 e. The van der Waals surface area contributed by atoms with Gasteiger partial charge in [0.05, 0.1) is 0 Å². The van der Waals surface area contributed by atoms with Crippen LogP contribution in [0.4, 0.5) is 0 Å². The van der Waals surface area contributed by atoms with Crippen LogP contribution in [0.25, 0.3) is 0 Å². The predicted molar refractivity (Wildman–Crippen MR) is 67.5 cm³/mol. The fourth-order valence-corrected chi connectivity index (χ4v) is 3.85. The highest BCUT2D eigenvalue weighted by atomic mass is 79.9. The van der Waals surface area contributed by atoms with Crippen LogP contribution in [0.2, 0.25) is 0 Å². The zero-order chi connectivity index (χ0) is 10.5. The summed E-state index contributed by atoms with van der Waals surface area (Å²) >= 11 is 3.77. The summed E-state index contributed by atoms with van der Waals surface area (Å²) in [5.41, 5.74) is 0. The first-order valence-electron chi connectivity index (χ1n) is 6.56. The molecular weight excluding hydrogens is 252 g/mol. The van der Waals surface area contributed by atoms with E-state index in [2.05, 4.69) is 15.9 Å². The summed E-state index contributed by atoms with van der Waals surface area (Å²) in [4.78, 5) is 0.811. The molecule has 0 N–H and O–H groups in total. The van der Waals surface area contributed by atoms with Gasteiger partial charge in [-0.15, -0.1) is 0 Å². The second kappa shape index (κ2) is 6.24. The van der Waals surface area contributed by atoms with Crippen molar-refractivity contribution in [3.8, 4) is 0 Å². The summed E-state index contributed by atoms with van der Waals surface area (Å²) in [5.74, 6) is 1.97. The standard InChI is InChI=1S/C13H23BrO/c14-13-3-1-2-12(10-13)5-4-11-6-8-15-9-7-11/h11-13H,1-10H2. The van der Waals surface area contributed by atoms with Gasteiger partial charge in [-0.3, -0.25) is 0 Å². The maximum atomic E-state index is 5.40. The van der Waals surface area contributed by atoms with E-state index in [1.54, 1.807) is 0 Å². The predicted octanol–water partition coefficient (Wildman–Crippen LogP) is 4.15. The molecule has 2 unspecified atom stereocenters. The van der Waals surface area contributed by atoms with Crippen molar-refractivity contribution in [1.82, 2.24) is 0 Å². The molecule has 0 aromatic carbocycles. The summed E-state index contributed by atoms with van der Waals surface area (Å²) in [6, 6.07) is 0. The third-order valence-corrected chi connectivity index (χ3v) is 4.87. The van der Waals surface area contributed by atoms with Crippen molar-refractivity contribution in [3.05, 3.63) is 0 Å². The Labute approximate surface area is 102 Å². The summed E-state index contributed by atoms with van der Waals surface area (Å²) in [7, 11) is 0. The Morgan fingerprint density at radius 3 is 2.40 bits per heavy atom. The molecule has 15 heavy (non-hydrogen) atoms. The molecule has 2 heteroatoms. The number of alkyl halides is 1. The van der Waals surface area contributed by atoms with E-state index >= 15 is 0 Å². The minimum Gasteiger partial charge on any atom is -0.381 e. The number of halogens is 1. The van der Waals surface area contributed by atoms with Crippen molar-refractivity contribution in [2.24, 2.45) is 11.8 Å². The Bertz CT molecular complexity index is 177. The van der Waals surface area contributed by atoms with E-state index in [1.165, 1.54) is 51.4 Å². The first-order valence-corrected chi connectivity index (χ1v) is 7.48. The van der Waals surface area contributed by atoms with Gasteiger partial charge < -0.3 is 4.74 Å². The minimum atomic E-state index is 0.811. The zero-order valence-corrected chi connectivity index (χ0v) is 11.2. The molecule has 2 fully saturated rings. The van der Waals surface area contributed by atoms with Gasteiger partial charge in [-0.1, -0.05) is 41.6 Å². The molecule has 1 aliphatic carbocycles. The lowest BCUT2D eigenvalue weighted by Gasteiger charge is -2.28. The Morgan fingerprint density at radius 1 is 0.933 bits per heavy atom. The second-order valence-corrected chi connectivity index (χ2v) is 6.56. The van der Waals surface area contributed by atoms with Crippen molar-refractivity contribution in [1.29, 1.82) is 0 Å². The first kappa shape index (κ1) is 11.9. The first-order chi connectivity index (χ1) is 7.34. The SMILES string of the molecule is BrC1CCCC(CCC2CCOCC2)C1. The Morgan fingerprint density at radius 2 is 1.67 bits per heavy atom. The molecule has 0 aromatic heterocycles. The molecule has 0 aromatic rings. The topological polar surface area (TPSA) is 9.23 Å². The van der Waals surface area contributed by atoms with E-state index in [0.717, 1.165) is 29.9 Å². The lowest BCUT2D eigenvalue weighted by Crippen LogP contribution is -2.19. The van der Waals surface area contributed by atoms with Crippen LogP contribution in [0.3, 0.4) is 0 Å². The fourth-order valence-electron chi connectivity index (χ4n) is 2.99. The van der Waals surface area contributed by atoms with Crippen molar-refractivity contribution in [2.75, 3.05) is 13.2 Å². The van der Waals surface area contributed by atoms with Crippen LogP contribution < -0.4 is 0 Å². The molecule has 0 bridgehead atoms. The monoisotopic (exact) mass is 274 g/mol. The molecule has 1 aliphatic heterocycles. The highest BCUT2D eigenvalue weighted by Gasteiger charge is 2.21. The normalized spacial score (nSPS) is 34.2. The van der Waals surface area contributed by atoms with E-state index in [0.29, 0.717) is 0 Å². The Kier molecular flexibility index (Phi) is 4.96. The molecular formula is C13H23BrO. The van der Waals surface area contributed by atoms with Crippen molar-refractivity contribution in [3.63, 3.8) is 0 Å². The molecule has 0 spiro atoms. The molecule has 0 radical (unpaired) electrons. The highest BCUT2D eigenvalue weighted by molar-refractivity contribution is 9.09. The summed E-state index contributed by atoms with van der Waals surface area (Å²) in [6.07, 6.45) is 11.3. The summed E-state index contributed by atoms with van der Waals surface area (Å²) in [5, 5.41) is 0. The maximum absolute atomic E-state index is 5.40. The van der Waals surface area contributed by atoms with Crippen LogP contribution in [0.1, 0.15) is 51.4 Å². The fraction of sp³-hybridized carbons (Fsp3) is 1.00. The van der Waals surface area contributed by atoms with Crippen LogP contribution in [0.15, 0.2) is 0 Å². The summed E-state index contributed by atoms with van der Waals surface area (Å²) < 4.78 is 5.40. The van der Waals surface area contributed by atoms with E-state index < -0.39 is 0 Å². The Balaban J connectivity index is 1.63. The van der Waals surface area contributed by atoms with Crippen LogP contribution in [0.5, 0.6) is 0 Å². The highest BCUT2D eigenvalue weighted by Crippen LogP contribution is 2.33. The molecule has 1 saturated heterocycles. The smallest absolute Gasteiger partial charge is 0.0468 e. The average Bonchev–Trinajstić information content (AvgIpc) is 2.28. The van der Waals surface area contributed by atoms with Crippen LogP contribution in [-0.2, 0) is 4.74 Å². The number of hydrogen-bond donors (Lipinski definition) is 0. The largest absolute Gasteiger partial charge is 0.381 e. The summed E-state index contributed by atoms with van der Waals surface area (Å²) in [6.45, 7) is 2.02. The van der Waals surface area contributed by atoms with Gasteiger partial charge >= 0.3 is 0 Å². The molecule has 88 valence electrons. The third kappa shape index (κ3) is 4.07. The van der Waals surface area contributed by atoms with Gasteiger partial charge in [0.15, 0.2) is 0 Å². The lowest BCUT2D eigenvalue weighted by molar-refractivity contribution is 0.0612. The van der Waals surface area contributed by atoms with Gasteiger partial charge in [0.2, 0.25) is 0 Å². The number of rotatable bonds is 3. The van der Waals surface area contributed by atoms with E-state index in [-0.39, 0.29) is 0 Å². The van der Waals surface area contributed by atoms with Crippen LogP contribution >= 0.6 is 15.9 Å². The van der Waals surface area contributed by atoms with Gasteiger partial charge in [-0.05, 0) is 37.5 Å². The van der Waals surface area contributed by atoms with Crippen molar-refractivity contribution >= 4 is 15.9 Å². The molecule has 1 heterocycles. The molecule has 2 aliphatic rings. The second-order valence-electron chi connectivity index (χ2n) is 5.26. The molecule has 0 amide bonds. The molecule has 1 saturated carbocycles. The van der Waals surface area contributed by atoms with Gasteiger partial charge in [0.1, 0.15) is 0 Å². The number of ether oxygens (including phenoxy) is 1. The third-order valence-electron chi connectivity index (χ3n) is 4.04. The van der Waals surface area contributed by atoms with Gasteiger partial charge in [-0.2, -0.15) is 0 Å². The average molecular weight is 275 g/mol. The van der Waals surface area contributed by atoms with Gasteiger partial charge in [0.25, 0.3) is 0 Å². The minimum absolute atomic E-state index is 0.811. The van der Waals surface area contributed by atoms with E-state index in [1.807, 2.05) is 0 Å². The Hall–Kier alpha value is 0.440.